The number of carbonyl (C=O) groups excluding carboxylic acids is 1. The first-order valence-electron chi connectivity index (χ1n) is 8.09. The maximum Gasteiger partial charge on any atom is 0.223 e. The fourth-order valence-corrected chi connectivity index (χ4v) is 3.79. The van der Waals surface area contributed by atoms with Gasteiger partial charge >= 0.3 is 0 Å². The van der Waals surface area contributed by atoms with Crippen molar-refractivity contribution in [3.63, 3.8) is 0 Å². The molecule has 2 rings (SSSR count). The summed E-state index contributed by atoms with van der Waals surface area (Å²) in [5.41, 5.74) is 6.49. The maximum absolute atomic E-state index is 12.3. The van der Waals surface area contributed by atoms with Crippen LogP contribution in [0.25, 0.3) is 0 Å². The Kier molecular flexibility index (Phi) is 4.88. The van der Waals surface area contributed by atoms with E-state index in [0.29, 0.717) is 11.3 Å². The van der Waals surface area contributed by atoms with E-state index < -0.39 is 0 Å². The van der Waals surface area contributed by atoms with E-state index in [1.54, 1.807) is 0 Å². The summed E-state index contributed by atoms with van der Waals surface area (Å²) in [5, 5.41) is 3.23. The molecule has 2 saturated carbocycles. The molecule has 110 valence electrons. The SMILES string of the molecule is CCC1(CNC(=O)C2CCC(C)C(N)C2)CCCC1. The van der Waals surface area contributed by atoms with Crippen molar-refractivity contribution >= 4 is 5.91 Å². The number of nitrogens with two attached hydrogens (primary N) is 1. The molecule has 3 N–H and O–H groups in total. The Morgan fingerprint density at radius 3 is 2.58 bits per heavy atom. The fraction of sp³-hybridized carbons (Fsp3) is 0.938. The molecule has 19 heavy (non-hydrogen) atoms. The van der Waals surface area contributed by atoms with Crippen molar-refractivity contribution in [2.45, 2.75) is 71.3 Å². The highest BCUT2D eigenvalue weighted by atomic mass is 16.1. The second-order valence-electron chi connectivity index (χ2n) is 6.93. The minimum absolute atomic E-state index is 0.154. The van der Waals surface area contributed by atoms with Gasteiger partial charge in [0, 0.05) is 18.5 Å². The van der Waals surface area contributed by atoms with E-state index >= 15 is 0 Å². The van der Waals surface area contributed by atoms with Crippen LogP contribution in [0.4, 0.5) is 0 Å². The van der Waals surface area contributed by atoms with E-state index in [1.807, 2.05) is 0 Å². The van der Waals surface area contributed by atoms with Crippen LogP contribution in [0.3, 0.4) is 0 Å². The summed E-state index contributed by atoms with van der Waals surface area (Å²) in [6, 6.07) is 0.205. The molecule has 3 unspecified atom stereocenters. The molecule has 2 aliphatic carbocycles. The summed E-state index contributed by atoms with van der Waals surface area (Å²) >= 11 is 0. The van der Waals surface area contributed by atoms with Crippen molar-refractivity contribution in [1.29, 1.82) is 0 Å². The van der Waals surface area contributed by atoms with Crippen LogP contribution in [0.2, 0.25) is 0 Å². The molecule has 0 spiro atoms. The predicted molar refractivity (Wildman–Crippen MR) is 78.7 cm³/mol. The molecule has 0 saturated heterocycles. The zero-order valence-corrected chi connectivity index (χ0v) is 12.6. The highest BCUT2D eigenvalue weighted by Gasteiger charge is 2.34. The quantitative estimate of drug-likeness (QED) is 0.822. The lowest BCUT2D eigenvalue weighted by Crippen LogP contribution is -2.44. The van der Waals surface area contributed by atoms with E-state index in [-0.39, 0.29) is 17.9 Å². The summed E-state index contributed by atoms with van der Waals surface area (Å²) in [7, 11) is 0. The van der Waals surface area contributed by atoms with Crippen LogP contribution < -0.4 is 11.1 Å². The average Bonchev–Trinajstić information content (AvgIpc) is 2.89. The summed E-state index contributed by atoms with van der Waals surface area (Å²) in [6.45, 7) is 5.34. The van der Waals surface area contributed by atoms with Crippen molar-refractivity contribution in [2.24, 2.45) is 23.0 Å². The van der Waals surface area contributed by atoms with Crippen LogP contribution in [0.1, 0.15) is 65.2 Å². The molecule has 0 bridgehead atoms. The second kappa shape index (κ2) is 6.25. The lowest BCUT2D eigenvalue weighted by atomic mass is 9.78. The second-order valence-corrected chi connectivity index (χ2v) is 6.93. The monoisotopic (exact) mass is 266 g/mol. The molecule has 3 nitrogen and oxygen atoms in total. The third-order valence-corrected chi connectivity index (χ3v) is 5.68. The van der Waals surface area contributed by atoms with E-state index in [1.165, 1.54) is 32.1 Å². The largest absolute Gasteiger partial charge is 0.355 e. The average molecular weight is 266 g/mol. The van der Waals surface area contributed by atoms with E-state index in [4.69, 9.17) is 5.73 Å². The molecule has 0 aromatic carbocycles. The van der Waals surface area contributed by atoms with Gasteiger partial charge in [-0.25, -0.2) is 0 Å². The standard InChI is InChI=1S/C16H30N2O/c1-3-16(8-4-5-9-16)11-18-15(19)13-7-6-12(2)14(17)10-13/h12-14H,3-11,17H2,1-2H3,(H,18,19). The van der Waals surface area contributed by atoms with Gasteiger partial charge in [-0.05, 0) is 49.9 Å². The Morgan fingerprint density at radius 1 is 1.32 bits per heavy atom. The van der Waals surface area contributed by atoms with E-state index in [0.717, 1.165) is 25.8 Å². The maximum atomic E-state index is 12.3. The van der Waals surface area contributed by atoms with Crippen LogP contribution >= 0.6 is 0 Å². The lowest BCUT2D eigenvalue weighted by molar-refractivity contribution is -0.126. The van der Waals surface area contributed by atoms with Gasteiger partial charge < -0.3 is 11.1 Å². The minimum Gasteiger partial charge on any atom is -0.355 e. The van der Waals surface area contributed by atoms with Gasteiger partial charge in [-0.15, -0.1) is 0 Å². The van der Waals surface area contributed by atoms with Gasteiger partial charge in [0.25, 0.3) is 0 Å². The van der Waals surface area contributed by atoms with Gasteiger partial charge in [-0.3, -0.25) is 4.79 Å². The van der Waals surface area contributed by atoms with Crippen LogP contribution in [0.5, 0.6) is 0 Å². The summed E-state index contributed by atoms with van der Waals surface area (Å²) in [5.74, 6) is 0.976. The predicted octanol–water partition coefficient (Wildman–Crippen LogP) is 2.84. The first-order chi connectivity index (χ1) is 9.06. The molecule has 1 amide bonds. The van der Waals surface area contributed by atoms with Crippen molar-refractivity contribution < 1.29 is 4.79 Å². The van der Waals surface area contributed by atoms with Gasteiger partial charge in [0.2, 0.25) is 5.91 Å². The highest BCUT2D eigenvalue weighted by Crippen LogP contribution is 2.40. The fourth-order valence-electron chi connectivity index (χ4n) is 3.79. The van der Waals surface area contributed by atoms with Crippen LogP contribution in [0.15, 0.2) is 0 Å². The van der Waals surface area contributed by atoms with Gasteiger partial charge in [0.05, 0.1) is 0 Å². The number of hydrogen-bond acceptors (Lipinski definition) is 2. The summed E-state index contributed by atoms with van der Waals surface area (Å²) < 4.78 is 0. The first kappa shape index (κ1) is 14.8. The molecule has 0 aromatic heterocycles. The molecule has 0 heterocycles. The van der Waals surface area contributed by atoms with Crippen LogP contribution in [-0.2, 0) is 4.79 Å². The third kappa shape index (κ3) is 3.50. The summed E-state index contributed by atoms with van der Waals surface area (Å²) in [6.07, 6.45) is 9.39. The smallest absolute Gasteiger partial charge is 0.223 e. The molecule has 3 atom stereocenters. The Labute approximate surface area is 117 Å². The number of nitrogens with one attached hydrogen (secondary N) is 1. The molecule has 0 aliphatic heterocycles. The number of rotatable bonds is 4. The zero-order chi connectivity index (χ0) is 13.9. The van der Waals surface area contributed by atoms with E-state index in [9.17, 15) is 4.79 Å². The molecule has 0 radical (unpaired) electrons. The Balaban J connectivity index is 1.81. The van der Waals surface area contributed by atoms with Crippen LogP contribution in [-0.4, -0.2) is 18.5 Å². The molecule has 2 fully saturated rings. The molecule has 2 aliphatic rings. The van der Waals surface area contributed by atoms with Gasteiger partial charge in [-0.2, -0.15) is 0 Å². The lowest BCUT2D eigenvalue weighted by Gasteiger charge is -2.33. The van der Waals surface area contributed by atoms with Crippen molar-refractivity contribution in [3.05, 3.63) is 0 Å². The number of carbonyl (C=O) groups is 1. The Morgan fingerprint density at radius 2 is 2.00 bits per heavy atom. The Bertz CT molecular complexity index is 310. The summed E-state index contributed by atoms with van der Waals surface area (Å²) in [4.78, 5) is 12.3. The molecular weight excluding hydrogens is 236 g/mol. The minimum atomic E-state index is 0.154. The Hall–Kier alpha value is -0.570. The third-order valence-electron chi connectivity index (χ3n) is 5.68. The van der Waals surface area contributed by atoms with Gasteiger partial charge in [0.1, 0.15) is 0 Å². The molecular formula is C16H30N2O. The first-order valence-corrected chi connectivity index (χ1v) is 8.09. The van der Waals surface area contributed by atoms with Crippen molar-refractivity contribution in [1.82, 2.24) is 5.32 Å². The highest BCUT2D eigenvalue weighted by molar-refractivity contribution is 5.78. The van der Waals surface area contributed by atoms with E-state index in [2.05, 4.69) is 19.2 Å². The number of amides is 1. The topological polar surface area (TPSA) is 55.1 Å². The van der Waals surface area contributed by atoms with Crippen molar-refractivity contribution in [2.75, 3.05) is 6.54 Å². The molecule has 0 aromatic rings. The van der Waals surface area contributed by atoms with Crippen LogP contribution in [0, 0.1) is 17.3 Å². The molecule has 3 heteroatoms. The van der Waals surface area contributed by atoms with Gasteiger partial charge in [-0.1, -0.05) is 26.7 Å². The van der Waals surface area contributed by atoms with Crippen molar-refractivity contribution in [3.8, 4) is 0 Å². The van der Waals surface area contributed by atoms with Gasteiger partial charge in [0.15, 0.2) is 0 Å². The zero-order valence-electron chi connectivity index (χ0n) is 12.6. The normalized spacial score (nSPS) is 34.2. The number of hydrogen-bond donors (Lipinski definition) is 2.